The summed E-state index contributed by atoms with van der Waals surface area (Å²) in [7, 11) is -3.84. The molecule has 7 heteroatoms. The first kappa shape index (κ1) is 13.4. The molecule has 2 N–H and O–H groups in total. The fourth-order valence-corrected chi connectivity index (χ4v) is 3.18. The smallest absolute Gasteiger partial charge is 0.267 e. The Morgan fingerprint density at radius 2 is 1.95 bits per heavy atom. The Kier molecular flexibility index (Phi) is 3.23. The van der Waals surface area contributed by atoms with Crippen LogP contribution in [0.3, 0.4) is 0 Å². The van der Waals surface area contributed by atoms with Gasteiger partial charge in [0.15, 0.2) is 10.7 Å². The SMILES string of the molecule is Cc1ccc(O)c(NS(=O)(=O)c2c(C)noc2C)c1. The first-order chi connectivity index (χ1) is 8.81. The molecule has 0 aliphatic carbocycles. The van der Waals surface area contributed by atoms with Crippen molar-refractivity contribution in [3.05, 3.63) is 35.2 Å². The molecule has 6 nitrogen and oxygen atoms in total. The molecule has 0 amide bonds. The highest BCUT2D eigenvalue weighted by Crippen LogP contribution is 2.28. The molecule has 0 bridgehead atoms. The molecule has 19 heavy (non-hydrogen) atoms. The van der Waals surface area contributed by atoms with Gasteiger partial charge in [-0.15, -0.1) is 0 Å². The quantitative estimate of drug-likeness (QED) is 0.841. The maximum Gasteiger partial charge on any atom is 0.267 e. The molecule has 0 saturated heterocycles. The van der Waals surface area contributed by atoms with Crippen LogP contribution in [-0.2, 0) is 10.0 Å². The van der Waals surface area contributed by atoms with Crippen molar-refractivity contribution >= 4 is 15.7 Å². The van der Waals surface area contributed by atoms with Crippen LogP contribution in [0.4, 0.5) is 5.69 Å². The van der Waals surface area contributed by atoms with Crippen LogP contribution in [0.25, 0.3) is 0 Å². The third-order valence-electron chi connectivity index (χ3n) is 2.63. The first-order valence-electron chi connectivity index (χ1n) is 5.56. The average molecular weight is 282 g/mol. The Labute approximate surface area is 111 Å². The van der Waals surface area contributed by atoms with Gasteiger partial charge in [-0.05, 0) is 38.5 Å². The summed E-state index contributed by atoms with van der Waals surface area (Å²) in [6, 6.07) is 4.66. The number of rotatable bonds is 3. The molecule has 0 atom stereocenters. The summed E-state index contributed by atoms with van der Waals surface area (Å²) >= 11 is 0. The van der Waals surface area contributed by atoms with Crippen molar-refractivity contribution < 1.29 is 18.0 Å². The van der Waals surface area contributed by atoms with Crippen LogP contribution in [0.2, 0.25) is 0 Å². The third-order valence-corrected chi connectivity index (χ3v) is 4.24. The molecule has 0 saturated carbocycles. The van der Waals surface area contributed by atoms with E-state index >= 15 is 0 Å². The number of phenols is 1. The number of aromatic hydroxyl groups is 1. The van der Waals surface area contributed by atoms with E-state index in [0.717, 1.165) is 5.56 Å². The van der Waals surface area contributed by atoms with E-state index in [0.29, 0.717) is 0 Å². The zero-order valence-corrected chi connectivity index (χ0v) is 11.6. The van der Waals surface area contributed by atoms with Crippen LogP contribution in [0.5, 0.6) is 5.75 Å². The second-order valence-electron chi connectivity index (χ2n) is 4.28. The normalized spacial score (nSPS) is 11.5. The molecular formula is C12H14N2O4S. The van der Waals surface area contributed by atoms with Gasteiger partial charge in [0.1, 0.15) is 11.4 Å². The molecule has 2 rings (SSSR count). The van der Waals surface area contributed by atoms with Gasteiger partial charge in [0.25, 0.3) is 10.0 Å². The van der Waals surface area contributed by atoms with E-state index in [-0.39, 0.29) is 27.8 Å². The van der Waals surface area contributed by atoms with Crippen molar-refractivity contribution in [3.8, 4) is 5.75 Å². The minimum Gasteiger partial charge on any atom is -0.506 e. The van der Waals surface area contributed by atoms with Crippen molar-refractivity contribution in [1.29, 1.82) is 0 Å². The molecule has 102 valence electrons. The summed E-state index contributed by atoms with van der Waals surface area (Å²) < 4.78 is 31.7. The van der Waals surface area contributed by atoms with Crippen LogP contribution in [0, 0.1) is 20.8 Å². The fourth-order valence-electron chi connectivity index (χ4n) is 1.79. The van der Waals surface area contributed by atoms with Gasteiger partial charge in [0.05, 0.1) is 5.69 Å². The zero-order chi connectivity index (χ0) is 14.2. The number of anilines is 1. The van der Waals surface area contributed by atoms with Crippen LogP contribution < -0.4 is 4.72 Å². The predicted octanol–water partition coefficient (Wildman–Crippen LogP) is 2.11. The summed E-state index contributed by atoms with van der Waals surface area (Å²) in [6.45, 7) is 4.86. The largest absolute Gasteiger partial charge is 0.506 e. The van der Waals surface area contributed by atoms with Crippen molar-refractivity contribution in [2.75, 3.05) is 4.72 Å². The number of hydrogen-bond acceptors (Lipinski definition) is 5. The molecule has 0 spiro atoms. The number of hydrogen-bond donors (Lipinski definition) is 2. The topological polar surface area (TPSA) is 92.4 Å². The van der Waals surface area contributed by atoms with E-state index in [1.807, 2.05) is 0 Å². The van der Waals surface area contributed by atoms with Crippen LogP contribution in [0.15, 0.2) is 27.6 Å². The van der Waals surface area contributed by atoms with Crippen molar-refractivity contribution in [2.24, 2.45) is 0 Å². The minimum absolute atomic E-state index is 0.00611. The summed E-state index contributed by atoms with van der Waals surface area (Å²) in [4.78, 5) is -0.00611. The van der Waals surface area contributed by atoms with Crippen molar-refractivity contribution in [1.82, 2.24) is 5.16 Å². The number of sulfonamides is 1. The summed E-state index contributed by atoms with van der Waals surface area (Å²) in [5.41, 5.74) is 1.23. The fraction of sp³-hybridized carbons (Fsp3) is 0.250. The number of nitrogens with one attached hydrogen (secondary N) is 1. The number of aromatic nitrogens is 1. The summed E-state index contributed by atoms with van der Waals surface area (Å²) in [6.07, 6.45) is 0. The van der Waals surface area contributed by atoms with Crippen molar-refractivity contribution in [3.63, 3.8) is 0 Å². The predicted molar refractivity (Wildman–Crippen MR) is 69.6 cm³/mol. The second-order valence-corrected chi connectivity index (χ2v) is 5.90. The maximum absolute atomic E-state index is 12.2. The molecule has 1 aromatic heterocycles. The van der Waals surface area contributed by atoms with Gasteiger partial charge in [0, 0.05) is 0 Å². The highest BCUT2D eigenvalue weighted by molar-refractivity contribution is 7.92. The van der Waals surface area contributed by atoms with Gasteiger partial charge in [0.2, 0.25) is 0 Å². The number of aryl methyl sites for hydroxylation is 3. The lowest BCUT2D eigenvalue weighted by Gasteiger charge is -2.09. The molecule has 0 radical (unpaired) electrons. The molecule has 0 aliphatic heterocycles. The van der Waals surface area contributed by atoms with Crippen LogP contribution in [0.1, 0.15) is 17.0 Å². The number of benzene rings is 1. The lowest BCUT2D eigenvalue weighted by molar-refractivity contribution is 0.390. The highest BCUT2D eigenvalue weighted by atomic mass is 32.2. The molecule has 0 aliphatic rings. The monoisotopic (exact) mass is 282 g/mol. The van der Waals surface area contributed by atoms with E-state index in [4.69, 9.17) is 4.52 Å². The van der Waals surface area contributed by atoms with Crippen LogP contribution in [-0.4, -0.2) is 18.7 Å². The highest BCUT2D eigenvalue weighted by Gasteiger charge is 2.25. The Morgan fingerprint density at radius 1 is 1.26 bits per heavy atom. The van der Waals surface area contributed by atoms with Gasteiger partial charge in [-0.2, -0.15) is 0 Å². The van der Waals surface area contributed by atoms with E-state index in [1.54, 1.807) is 26.0 Å². The lowest BCUT2D eigenvalue weighted by Crippen LogP contribution is -2.14. The standard InChI is InChI=1S/C12H14N2O4S/c1-7-4-5-11(15)10(6-7)14-19(16,17)12-8(2)13-18-9(12)3/h4-6,14-15H,1-3H3. The Morgan fingerprint density at radius 3 is 2.53 bits per heavy atom. The van der Waals surface area contributed by atoms with E-state index < -0.39 is 10.0 Å². The minimum atomic E-state index is -3.84. The van der Waals surface area contributed by atoms with Crippen molar-refractivity contribution in [2.45, 2.75) is 25.7 Å². The Balaban J connectivity index is 2.45. The van der Waals surface area contributed by atoms with Gasteiger partial charge < -0.3 is 9.63 Å². The number of phenolic OH excluding ortho intramolecular Hbond substituents is 1. The van der Waals surface area contributed by atoms with Crippen LogP contribution >= 0.6 is 0 Å². The first-order valence-corrected chi connectivity index (χ1v) is 7.05. The molecule has 0 unspecified atom stereocenters. The zero-order valence-electron chi connectivity index (χ0n) is 10.8. The molecular weight excluding hydrogens is 268 g/mol. The Hall–Kier alpha value is -2.02. The second kappa shape index (κ2) is 4.58. The van der Waals surface area contributed by atoms with Gasteiger partial charge in [-0.25, -0.2) is 8.42 Å². The van der Waals surface area contributed by atoms with Gasteiger partial charge in [-0.1, -0.05) is 11.2 Å². The molecule has 1 heterocycles. The van der Waals surface area contributed by atoms with E-state index in [2.05, 4.69) is 9.88 Å². The molecule has 1 aromatic carbocycles. The van der Waals surface area contributed by atoms with Gasteiger partial charge >= 0.3 is 0 Å². The van der Waals surface area contributed by atoms with Gasteiger partial charge in [-0.3, -0.25) is 4.72 Å². The average Bonchev–Trinajstić information content (AvgIpc) is 2.64. The third kappa shape index (κ3) is 2.55. The summed E-state index contributed by atoms with van der Waals surface area (Å²) in [5, 5.41) is 13.3. The van der Waals surface area contributed by atoms with E-state index in [1.165, 1.54) is 13.0 Å². The van der Waals surface area contributed by atoms with E-state index in [9.17, 15) is 13.5 Å². The molecule has 2 aromatic rings. The summed E-state index contributed by atoms with van der Waals surface area (Å²) in [5.74, 6) is 0.0677. The maximum atomic E-state index is 12.2. The lowest BCUT2D eigenvalue weighted by atomic mass is 10.2. The molecule has 0 fully saturated rings. The Bertz CT molecular complexity index is 700. The number of nitrogens with zero attached hydrogens (tertiary/aromatic N) is 1.